The van der Waals surface area contributed by atoms with Crippen LogP contribution in [0.2, 0.25) is 0 Å². The quantitative estimate of drug-likeness (QED) is 0.234. The highest BCUT2D eigenvalue weighted by molar-refractivity contribution is 6.15. The smallest absolute Gasteiger partial charge is 0.0901 e. The Morgan fingerprint density at radius 3 is 1.37 bits per heavy atom. The zero-order valence-corrected chi connectivity index (χ0v) is 23.1. The lowest BCUT2D eigenvalue weighted by molar-refractivity contribution is 1.22. The van der Waals surface area contributed by atoms with Gasteiger partial charge in [-0.25, -0.2) is 15.0 Å². The van der Waals surface area contributed by atoms with Gasteiger partial charge in [0, 0.05) is 21.9 Å². The van der Waals surface area contributed by atoms with Gasteiger partial charge < -0.3 is 4.98 Å². The number of hydrogen-bond acceptors (Lipinski definition) is 3. The first kappa shape index (κ1) is 23.8. The van der Waals surface area contributed by atoms with E-state index in [0.29, 0.717) is 0 Å². The molecule has 8 bridgehead atoms. The molecular weight excluding hydrogens is 524 g/mol. The maximum absolute atomic E-state index is 5.30. The van der Waals surface area contributed by atoms with E-state index in [2.05, 4.69) is 126 Å². The number of aromatic nitrogens is 4. The molecule has 0 saturated heterocycles. The summed E-state index contributed by atoms with van der Waals surface area (Å²) in [5.41, 5.74) is 13.7. The van der Waals surface area contributed by atoms with E-state index < -0.39 is 0 Å². The number of nitrogens with one attached hydrogen (secondary N) is 1. The van der Waals surface area contributed by atoms with Crippen molar-refractivity contribution in [2.45, 2.75) is 0 Å². The van der Waals surface area contributed by atoms with Crippen molar-refractivity contribution in [1.29, 1.82) is 0 Å². The van der Waals surface area contributed by atoms with Gasteiger partial charge in [0.2, 0.25) is 0 Å². The second-order valence-electron chi connectivity index (χ2n) is 11.0. The first-order chi connectivity index (χ1) is 21.3. The zero-order chi connectivity index (χ0) is 28.3. The standard InChI is InChI=1S/C39H24N4/c1-3-10-24(11-4-1)26-20-34-31-17-8-15-29-28-14-7-16-30(38(28)43-39(29)31)32-18-9-19-33(40-32)35-21-27(25-12-5-2-6-13-25)23-37(42-35)36(22-26)41-34/h1-23,43H. The Labute approximate surface area is 248 Å². The first-order valence-corrected chi connectivity index (χ1v) is 14.5. The predicted octanol–water partition coefficient (Wildman–Crippen LogP) is 9.82. The maximum atomic E-state index is 5.30. The zero-order valence-electron chi connectivity index (χ0n) is 23.1. The summed E-state index contributed by atoms with van der Waals surface area (Å²) in [5, 5.41) is 2.33. The van der Waals surface area contributed by atoms with Crippen molar-refractivity contribution in [1.82, 2.24) is 19.9 Å². The summed E-state index contributed by atoms with van der Waals surface area (Å²) in [4.78, 5) is 19.5. The predicted molar refractivity (Wildman–Crippen MR) is 175 cm³/mol. The number of hydrogen-bond donors (Lipinski definition) is 1. The molecule has 1 aliphatic rings. The molecule has 200 valence electrons. The van der Waals surface area contributed by atoms with Crippen LogP contribution in [0.1, 0.15) is 0 Å². The molecule has 0 atom stereocenters. The average Bonchev–Trinajstić information content (AvgIpc) is 3.48. The Morgan fingerprint density at radius 1 is 0.326 bits per heavy atom. The number of aromatic amines is 1. The van der Waals surface area contributed by atoms with Gasteiger partial charge in [0.05, 0.1) is 45.2 Å². The van der Waals surface area contributed by atoms with Crippen LogP contribution in [0.5, 0.6) is 0 Å². The van der Waals surface area contributed by atoms with Gasteiger partial charge in [-0.1, -0.05) is 103 Å². The highest BCUT2D eigenvalue weighted by Gasteiger charge is 2.19. The number of para-hydroxylation sites is 2. The number of rotatable bonds is 2. The topological polar surface area (TPSA) is 54.5 Å². The fraction of sp³-hybridized carbons (Fsp3) is 0. The maximum Gasteiger partial charge on any atom is 0.0901 e. The molecule has 0 saturated carbocycles. The molecule has 8 aromatic rings. The molecule has 4 heteroatoms. The Bertz CT molecular complexity index is 2340. The number of fused-ring (bicyclic) bond motifs is 11. The minimum Gasteiger partial charge on any atom is -0.353 e. The summed E-state index contributed by atoms with van der Waals surface area (Å²) in [6.45, 7) is 0. The number of nitrogens with zero attached hydrogens (tertiary/aromatic N) is 3. The third kappa shape index (κ3) is 3.88. The molecule has 0 radical (unpaired) electrons. The summed E-state index contributed by atoms with van der Waals surface area (Å²) < 4.78 is 0. The van der Waals surface area contributed by atoms with Crippen molar-refractivity contribution in [3.05, 3.63) is 140 Å². The van der Waals surface area contributed by atoms with E-state index in [1.54, 1.807) is 0 Å². The number of benzene rings is 4. The van der Waals surface area contributed by atoms with Gasteiger partial charge in [-0.05, 0) is 58.7 Å². The SMILES string of the molecule is c1ccc(-c2cc3nc(c2)-c2cc(-c4ccccc4)cc(n2)-c2cccc4c2[nH]c2c(cccc24)-c2cccc-3n2)cc1. The lowest BCUT2D eigenvalue weighted by atomic mass is 9.98. The Morgan fingerprint density at radius 2 is 0.767 bits per heavy atom. The van der Waals surface area contributed by atoms with Crippen LogP contribution in [0, 0.1) is 0 Å². The van der Waals surface area contributed by atoms with E-state index >= 15 is 0 Å². The van der Waals surface area contributed by atoms with Crippen molar-refractivity contribution >= 4 is 21.8 Å². The summed E-state index contributed by atoms with van der Waals surface area (Å²) in [6, 6.07) is 48.6. The van der Waals surface area contributed by atoms with Crippen molar-refractivity contribution in [3.8, 4) is 67.5 Å². The second-order valence-corrected chi connectivity index (χ2v) is 11.0. The Balaban J connectivity index is 1.44. The van der Waals surface area contributed by atoms with Crippen LogP contribution in [0.25, 0.3) is 89.4 Å². The molecule has 0 aliphatic carbocycles. The molecule has 4 aromatic carbocycles. The second kappa shape index (κ2) is 9.33. The third-order valence-corrected chi connectivity index (χ3v) is 8.36. The van der Waals surface area contributed by atoms with Crippen LogP contribution in [-0.2, 0) is 0 Å². The van der Waals surface area contributed by atoms with Gasteiger partial charge in [0.15, 0.2) is 0 Å². The molecule has 0 unspecified atom stereocenters. The Hall–Kier alpha value is -5.87. The van der Waals surface area contributed by atoms with Gasteiger partial charge in [-0.3, -0.25) is 0 Å². The summed E-state index contributed by atoms with van der Waals surface area (Å²) in [5.74, 6) is 0. The van der Waals surface area contributed by atoms with Gasteiger partial charge in [-0.2, -0.15) is 0 Å². The number of pyridine rings is 3. The van der Waals surface area contributed by atoms with Gasteiger partial charge in [0.1, 0.15) is 0 Å². The van der Waals surface area contributed by atoms with Crippen molar-refractivity contribution < 1.29 is 0 Å². The highest BCUT2D eigenvalue weighted by Crippen LogP contribution is 2.39. The molecule has 9 rings (SSSR count). The van der Waals surface area contributed by atoms with Gasteiger partial charge >= 0.3 is 0 Å². The number of H-pyrrole nitrogens is 1. The molecular formula is C39H24N4. The third-order valence-electron chi connectivity index (χ3n) is 8.36. The van der Waals surface area contributed by atoms with E-state index in [4.69, 9.17) is 15.0 Å². The molecule has 1 N–H and O–H groups in total. The summed E-state index contributed by atoms with van der Waals surface area (Å²) in [7, 11) is 0. The summed E-state index contributed by atoms with van der Waals surface area (Å²) >= 11 is 0. The minimum absolute atomic E-state index is 0.807. The van der Waals surface area contributed by atoms with Crippen LogP contribution >= 0.6 is 0 Å². The van der Waals surface area contributed by atoms with E-state index in [9.17, 15) is 0 Å². The van der Waals surface area contributed by atoms with E-state index in [1.807, 2.05) is 18.2 Å². The largest absolute Gasteiger partial charge is 0.353 e. The van der Waals surface area contributed by atoms with E-state index in [-0.39, 0.29) is 0 Å². The fourth-order valence-electron chi connectivity index (χ4n) is 6.29. The normalized spacial score (nSPS) is 11.7. The molecule has 0 fully saturated rings. The molecule has 0 spiro atoms. The molecule has 4 aromatic heterocycles. The van der Waals surface area contributed by atoms with E-state index in [1.165, 1.54) is 10.8 Å². The van der Waals surface area contributed by atoms with Crippen molar-refractivity contribution in [2.24, 2.45) is 0 Å². The Kier molecular flexibility index (Phi) is 5.16. The van der Waals surface area contributed by atoms with Crippen molar-refractivity contribution in [2.75, 3.05) is 0 Å². The molecule has 5 heterocycles. The average molecular weight is 549 g/mol. The van der Waals surface area contributed by atoms with Gasteiger partial charge in [0.25, 0.3) is 0 Å². The molecule has 0 amide bonds. The van der Waals surface area contributed by atoms with Crippen LogP contribution < -0.4 is 0 Å². The van der Waals surface area contributed by atoms with Crippen LogP contribution in [0.4, 0.5) is 0 Å². The molecule has 4 nitrogen and oxygen atoms in total. The molecule has 43 heavy (non-hydrogen) atoms. The lowest BCUT2D eigenvalue weighted by Crippen LogP contribution is -1.97. The fourth-order valence-corrected chi connectivity index (χ4v) is 6.29. The summed E-state index contributed by atoms with van der Waals surface area (Å²) in [6.07, 6.45) is 0. The van der Waals surface area contributed by atoms with Crippen molar-refractivity contribution in [3.63, 3.8) is 0 Å². The monoisotopic (exact) mass is 548 g/mol. The minimum atomic E-state index is 0.807. The first-order valence-electron chi connectivity index (χ1n) is 14.5. The lowest BCUT2D eigenvalue weighted by Gasteiger charge is -2.14. The van der Waals surface area contributed by atoms with E-state index in [0.717, 1.165) is 78.6 Å². The van der Waals surface area contributed by atoms with Gasteiger partial charge in [-0.15, -0.1) is 0 Å². The molecule has 1 aliphatic heterocycles. The van der Waals surface area contributed by atoms with Crippen LogP contribution in [-0.4, -0.2) is 19.9 Å². The van der Waals surface area contributed by atoms with Crippen LogP contribution in [0.3, 0.4) is 0 Å². The highest BCUT2D eigenvalue weighted by atomic mass is 14.8. The van der Waals surface area contributed by atoms with Crippen LogP contribution in [0.15, 0.2) is 140 Å².